The van der Waals surface area contributed by atoms with E-state index in [9.17, 15) is 19.1 Å². The molecule has 0 atom stereocenters. The number of aliphatic hydroxyl groups is 1. The van der Waals surface area contributed by atoms with Crippen LogP contribution >= 0.6 is 11.6 Å². The number of carbonyl (C=O) groups excluding carboxylic acids is 2. The van der Waals surface area contributed by atoms with Crippen LogP contribution in [0.2, 0.25) is 5.02 Å². The number of amides is 1. The maximum absolute atomic E-state index is 13.6. The predicted molar refractivity (Wildman–Crippen MR) is 100 cm³/mol. The Balaban J connectivity index is 1.62. The number of halogens is 2. The van der Waals surface area contributed by atoms with Gasteiger partial charge in [0.2, 0.25) is 0 Å². The van der Waals surface area contributed by atoms with Gasteiger partial charge in [0.05, 0.1) is 23.2 Å². The first-order chi connectivity index (χ1) is 13.5. The van der Waals surface area contributed by atoms with Crippen molar-refractivity contribution in [2.24, 2.45) is 0 Å². The normalized spacial score (nSPS) is 10.8. The van der Waals surface area contributed by atoms with Crippen molar-refractivity contribution in [3.63, 3.8) is 0 Å². The minimum atomic E-state index is -0.711. The zero-order valence-electron chi connectivity index (χ0n) is 14.7. The minimum Gasteiger partial charge on any atom is -0.456 e. The molecule has 0 spiro atoms. The molecular formula is C19H17ClFN3O4. The Bertz CT molecular complexity index is 1020. The zero-order chi connectivity index (χ0) is 20.1. The van der Waals surface area contributed by atoms with Crippen molar-refractivity contribution >= 4 is 34.5 Å². The van der Waals surface area contributed by atoms with E-state index in [1.165, 1.54) is 18.2 Å². The SMILES string of the molecule is O=C(CNC(=O)c1ccccc1F)OCc1nc2ccc(Cl)cc2n1CCO. The number of imidazole rings is 1. The maximum atomic E-state index is 13.6. The predicted octanol–water partition coefficient (Wildman–Crippen LogP) is 2.29. The fourth-order valence-corrected chi connectivity index (χ4v) is 2.86. The zero-order valence-corrected chi connectivity index (χ0v) is 15.4. The quantitative estimate of drug-likeness (QED) is 0.588. The molecule has 9 heteroatoms. The lowest BCUT2D eigenvalue weighted by Crippen LogP contribution is -2.31. The fourth-order valence-electron chi connectivity index (χ4n) is 2.69. The fraction of sp³-hybridized carbons (Fsp3) is 0.211. The molecule has 1 aromatic heterocycles. The van der Waals surface area contributed by atoms with E-state index in [0.29, 0.717) is 21.9 Å². The van der Waals surface area contributed by atoms with Gasteiger partial charge in [0, 0.05) is 11.6 Å². The summed E-state index contributed by atoms with van der Waals surface area (Å²) < 4.78 is 20.4. The number of benzene rings is 2. The Morgan fingerprint density at radius 2 is 2.04 bits per heavy atom. The highest BCUT2D eigenvalue weighted by atomic mass is 35.5. The van der Waals surface area contributed by atoms with Gasteiger partial charge in [-0.1, -0.05) is 23.7 Å². The molecule has 3 rings (SSSR count). The molecule has 0 saturated heterocycles. The van der Waals surface area contributed by atoms with Gasteiger partial charge in [-0.25, -0.2) is 9.37 Å². The van der Waals surface area contributed by atoms with Crippen molar-refractivity contribution in [3.05, 3.63) is 64.7 Å². The summed E-state index contributed by atoms with van der Waals surface area (Å²) in [5.74, 6) is -1.66. The monoisotopic (exact) mass is 405 g/mol. The van der Waals surface area contributed by atoms with Gasteiger partial charge < -0.3 is 19.7 Å². The molecule has 146 valence electrons. The molecule has 7 nitrogen and oxygen atoms in total. The summed E-state index contributed by atoms with van der Waals surface area (Å²) >= 11 is 6.00. The van der Waals surface area contributed by atoms with Gasteiger partial charge in [0.1, 0.15) is 24.8 Å². The van der Waals surface area contributed by atoms with E-state index in [1.807, 2.05) is 0 Å². The summed E-state index contributed by atoms with van der Waals surface area (Å²) in [7, 11) is 0. The molecule has 2 aromatic carbocycles. The van der Waals surface area contributed by atoms with Crippen LogP contribution in [0, 0.1) is 5.82 Å². The number of rotatable bonds is 7. The van der Waals surface area contributed by atoms with Crippen molar-refractivity contribution in [2.45, 2.75) is 13.2 Å². The second-order valence-corrected chi connectivity index (χ2v) is 6.30. The molecule has 0 radical (unpaired) electrons. The topological polar surface area (TPSA) is 93.5 Å². The molecule has 28 heavy (non-hydrogen) atoms. The number of hydrogen-bond donors (Lipinski definition) is 2. The molecular weight excluding hydrogens is 389 g/mol. The van der Waals surface area contributed by atoms with E-state index in [2.05, 4.69) is 10.3 Å². The van der Waals surface area contributed by atoms with Gasteiger partial charge >= 0.3 is 5.97 Å². The lowest BCUT2D eigenvalue weighted by Gasteiger charge is -2.09. The Hall–Kier alpha value is -2.97. The molecule has 2 N–H and O–H groups in total. The van der Waals surface area contributed by atoms with Crippen molar-refractivity contribution < 1.29 is 23.8 Å². The van der Waals surface area contributed by atoms with Crippen LogP contribution in [0.25, 0.3) is 11.0 Å². The highest BCUT2D eigenvalue weighted by molar-refractivity contribution is 6.31. The van der Waals surface area contributed by atoms with Crippen LogP contribution in [0.15, 0.2) is 42.5 Å². The summed E-state index contributed by atoms with van der Waals surface area (Å²) in [5.41, 5.74) is 1.20. The van der Waals surface area contributed by atoms with Crippen molar-refractivity contribution in [1.82, 2.24) is 14.9 Å². The Kier molecular flexibility index (Phi) is 6.23. The molecule has 1 amide bonds. The van der Waals surface area contributed by atoms with Gasteiger partial charge in [-0.2, -0.15) is 0 Å². The van der Waals surface area contributed by atoms with Crippen LogP contribution in [0.1, 0.15) is 16.2 Å². The van der Waals surface area contributed by atoms with Gasteiger partial charge in [0.15, 0.2) is 0 Å². The average Bonchev–Trinajstić information content (AvgIpc) is 3.02. The molecule has 3 aromatic rings. The number of fused-ring (bicyclic) bond motifs is 1. The third-order valence-corrected chi connectivity index (χ3v) is 4.22. The number of nitrogens with zero attached hydrogens (tertiary/aromatic N) is 2. The third-order valence-electron chi connectivity index (χ3n) is 3.99. The summed E-state index contributed by atoms with van der Waals surface area (Å²) in [5, 5.41) is 12.1. The van der Waals surface area contributed by atoms with E-state index >= 15 is 0 Å². The molecule has 1 heterocycles. The van der Waals surface area contributed by atoms with Crippen LogP contribution < -0.4 is 5.32 Å². The number of aromatic nitrogens is 2. The summed E-state index contributed by atoms with van der Waals surface area (Å²) in [4.78, 5) is 28.2. The Morgan fingerprint density at radius 1 is 1.25 bits per heavy atom. The first kappa shape index (κ1) is 19.8. The number of nitrogens with one attached hydrogen (secondary N) is 1. The van der Waals surface area contributed by atoms with Crippen molar-refractivity contribution in [1.29, 1.82) is 0 Å². The standard InChI is InChI=1S/C19H17ClFN3O4/c20-12-5-6-15-16(9-12)24(7-8-25)17(23-15)11-28-18(26)10-22-19(27)13-3-1-2-4-14(13)21/h1-6,9,25H,7-8,10-11H2,(H,22,27). The average molecular weight is 406 g/mol. The lowest BCUT2D eigenvalue weighted by molar-refractivity contribution is -0.144. The highest BCUT2D eigenvalue weighted by Gasteiger charge is 2.15. The van der Waals surface area contributed by atoms with E-state index < -0.39 is 24.2 Å². The third kappa shape index (κ3) is 4.47. The maximum Gasteiger partial charge on any atom is 0.325 e. The van der Waals surface area contributed by atoms with Gasteiger partial charge in [-0.05, 0) is 30.3 Å². The van der Waals surface area contributed by atoms with Gasteiger partial charge in [0.25, 0.3) is 5.91 Å². The van der Waals surface area contributed by atoms with Crippen LogP contribution in [-0.4, -0.2) is 39.7 Å². The summed E-state index contributed by atoms with van der Waals surface area (Å²) in [6.45, 7) is -0.439. The Morgan fingerprint density at radius 3 is 2.79 bits per heavy atom. The van der Waals surface area contributed by atoms with Crippen molar-refractivity contribution in [3.8, 4) is 0 Å². The minimum absolute atomic E-state index is 0.127. The number of aliphatic hydroxyl groups excluding tert-OH is 1. The first-order valence-electron chi connectivity index (χ1n) is 8.43. The van der Waals surface area contributed by atoms with Crippen molar-refractivity contribution in [2.75, 3.05) is 13.2 Å². The largest absolute Gasteiger partial charge is 0.456 e. The second kappa shape index (κ2) is 8.81. The smallest absolute Gasteiger partial charge is 0.325 e. The van der Waals surface area contributed by atoms with E-state index in [1.54, 1.807) is 22.8 Å². The molecule has 0 aliphatic rings. The van der Waals surface area contributed by atoms with Crippen LogP contribution in [-0.2, 0) is 22.7 Å². The molecule has 0 aliphatic carbocycles. The number of hydrogen-bond acceptors (Lipinski definition) is 5. The van der Waals surface area contributed by atoms with E-state index in [-0.39, 0.29) is 25.3 Å². The molecule has 0 fully saturated rings. The highest BCUT2D eigenvalue weighted by Crippen LogP contribution is 2.21. The molecule has 0 unspecified atom stereocenters. The lowest BCUT2D eigenvalue weighted by atomic mass is 10.2. The second-order valence-electron chi connectivity index (χ2n) is 5.86. The number of esters is 1. The van der Waals surface area contributed by atoms with Crippen LogP contribution in [0.3, 0.4) is 0 Å². The van der Waals surface area contributed by atoms with Gasteiger partial charge in [-0.15, -0.1) is 0 Å². The first-order valence-corrected chi connectivity index (χ1v) is 8.81. The molecule has 0 saturated carbocycles. The van der Waals surface area contributed by atoms with Crippen LogP contribution in [0.5, 0.6) is 0 Å². The molecule has 0 bridgehead atoms. The van der Waals surface area contributed by atoms with Crippen LogP contribution in [0.4, 0.5) is 4.39 Å². The number of ether oxygens (including phenoxy) is 1. The van der Waals surface area contributed by atoms with E-state index in [4.69, 9.17) is 16.3 Å². The summed E-state index contributed by atoms with van der Waals surface area (Å²) in [6, 6.07) is 10.6. The number of carbonyl (C=O) groups is 2. The summed E-state index contributed by atoms with van der Waals surface area (Å²) in [6.07, 6.45) is 0. The van der Waals surface area contributed by atoms with E-state index in [0.717, 1.165) is 6.07 Å². The Labute approximate surface area is 164 Å². The van der Waals surface area contributed by atoms with Gasteiger partial charge in [-0.3, -0.25) is 9.59 Å². The molecule has 0 aliphatic heterocycles.